The SMILES string of the molecule is Cc1cc(F)ccc1NC(=O)CC[C@@H]1CCCN(C(=O)CCc2cccc(Cl)c2)C1. The van der Waals surface area contributed by atoms with Gasteiger partial charge >= 0.3 is 0 Å². The van der Waals surface area contributed by atoms with Gasteiger partial charge in [0.05, 0.1) is 0 Å². The van der Waals surface area contributed by atoms with Crippen LogP contribution in [0.1, 0.15) is 43.2 Å². The molecule has 1 fully saturated rings. The van der Waals surface area contributed by atoms with E-state index in [1.807, 2.05) is 29.2 Å². The number of hydrogen-bond acceptors (Lipinski definition) is 2. The van der Waals surface area contributed by atoms with Crippen molar-refractivity contribution in [3.8, 4) is 0 Å². The van der Waals surface area contributed by atoms with Crippen LogP contribution in [0.25, 0.3) is 0 Å². The molecule has 1 saturated heterocycles. The maximum absolute atomic E-state index is 13.2. The first kappa shape index (κ1) is 22.3. The van der Waals surface area contributed by atoms with Gasteiger partial charge in [-0.25, -0.2) is 4.39 Å². The molecule has 1 N–H and O–H groups in total. The molecule has 0 unspecified atom stereocenters. The summed E-state index contributed by atoms with van der Waals surface area (Å²) in [5.74, 6) is 0.0990. The number of nitrogens with zero attached hydrogens (tertiary/aromatic N) is 1. The second-order valence-electron chi connectivity index (χ2n) is 8.02. The molecule has 0 aliphatic carbocycles. The van der Waals surface area contributed by atoms with Crippen LogP contribution >= 0.6 is 11.6 Å². The molecule has 0 spiro atoms. The van der Waals surface area contributed by atoms with E-state index in [1.165, 1.54) is 12.1 Å². The first-order valence-electron chi connectivity index (χ1n) is 10.5. The fourth-order valence-electron chi connectivity index (χ4n) is 3.94. The molecule has 2 aromatic rings. The predicted octanol–water partition coefficient (Wildman–Crippen LogP) is 5.38. The molecule has 1 heterocycles. The normalized spacial score (nSPS) is 16.4. The number of aryl methyl sites for hydroxylation is 2. The Kier molecular flexibility index (Phi) is 7.86. The van der Waals surface area contributed by atoms with Crippen molar-refractivity contribution in [1.29, 1.82) is 0 Å². The standard InChI is InChI=1S/C24H28ClFN2O2/c1-17-14-21(26)9-10-22(17)27-23(29)11-7-19-5-3-13-28(16-19)24(30)12-8-18-4-2-6-20(25)15-18/h2,4,6,9-10,14-15,19H,3,5,7-8,11-13,16H2,1H3,(H,27,29)/t19-/m0/s1. The Bertz CT molecular complexity index is 903. The summed E-state index contributed by atoms with van der Waals surface area (Å²) in [5.41, 5.74) is 2.41. The predicted molar refractivity (Wildman–Crippen MR) is 118 cm³/mol. The lowest BCUT2D eigenvalue weighted by molar-refractivity contribution is -0.133. The van der Waals surface area contributed by atoms with Gasteiger partial charge in [0.2, 0.25) is 11.8 Å². The number of halogens is 2. The third-order valence-corrected chi connectivity index (χ3v) is 5.87. The summed E-state index contributed by atoms with van der Waals surface area (Å²) in [5, 5.41) is 3.54. The van der Waals surface area contributed by atoms with Crippen molar-refractivity contribution in [2.24, 2.45) is 5.92 Å². The van der Waals surface area contributed by atoms with E-state index in [0.29, 0.717) is 48.0 Å². The van der Waals surface area contributed by atoms with Crippen molar-refractivity contribution in [1.82, 2.24) is 4.90 Å². The van der Waals surface area contributed by atoms with Gasteiger partial charge in [0.15, 0.2) is 0 Å². The molecule has 6 heteroatoms. The Labute approximate surface area is 182 Å². The highest BCUT2D eigenvalue weighted by Gasteiger charge is 2.24. The van der Waals surface area contributed by atoms with E-state index in [0.717, 1.165) is 31.4 Å². The highest BCUT2D eigenvalue weighted by molar-refractivity contribution is 6.30. The molecular formula is C24H28ClFN2O2. The summed E-state index contributed by atoms with van der Waals surface area (Å²) in [6.45, 7) is 3.26. The largest absolute Gasteiger partial charge is 0.342 e. The van der Waals surface area contributed by atoms with E-state index >= 15 is 0 Å². The van der Waals surface area contributed by atoms with E-state index in [1.54, 1.807) is 13.0 Å². The molecular weight excluding hydrogens is 403 g/mol. The van der Waals surface area contributed by atoms with Gasteiger partial charge in [0.1, 0.15) is 5.82 Å². The second kappa shape index (κ2) is 10.6. The van der Waals surface area contributed by atoms with Gasteiger partial charge in [-0.3, -0.25) is 9.59 Å². The van der Waals surface area contributed by atoms with Crippen LogP contribution in [0.5, 0.6) is 0 Å². The number of likely N-dealkylation sites (tertiary alicyclic amines) is 1. The van der Waals surface area contributed by atoms with Crippen molar-refractivity contribution < 1.29 is 14.0 Å². The lowest BCUT2D eigenvalue weighted by Gasteiger charge is -2.33. The number of piperidine rings is 1. The molecule has 3 rings (SSSR count). The Hall–Kier alpha value is -2.40. The number of hydrogen-bond donors (Lipinski definition) is 1. The topological polar surface area (TPSA) is 49.4 Å². The fourth-order valence-corrected chi connectivity index (χ4v) is 4.16. The van der Waals surface area contributed by atoms with Crippen molar-refractivity contribution in [3.05, 3.63) is 64.4 Å². The number of carbonyl (C=O) groups excluding carboxylic acids is 2. The van der Waals surface area contributed by atoms with Crippen molar-refractivity contribution >= 4 is 29.1 Å². The number of anilines is 1. The zero-order valence-corrected chi connectivity index (χ0v) is 18.1. The number of benzene rings is 2. The molecule has 1 atom stereocenters. The Morgan fingerprint density at radius 3 is 2.80 bits per heavy atom. The van der Waals surface area contributed by atoms with Crippen LogP contribution in [0.2, 0.25) is 5.02 Å². The van der Waals surface area contributed by atoms with Gasteiger partial charge in [-0.1, -0.05) is 23.7 Å². The average Bonchev–Trinajstić information content (AvgIpc) is 2.73. The van der Waals surface area contributed by atoms with Crippen molar-refractivity contribution in [2.75, 3.05) is 18.4 Å². The highest BCUT2D eigenvalue weighted by Crippen LogP contribution is 2.23. The molecule has 160 valence electrons. The third kappa shape index (κ3) is 6.56. The molecule has 4 nitrogen and oxygen atoms in total. The number of amides is 2. The van der Waals surface area contributed by atoms with Gasteiger partial charge in [-0.2, -0.15) is 0 Å². The molecule has 0 bridgehead atoms. The van der Waals surface area contributed by atoms with Crippen LogP contribution in [0.15, 0.2) is 42.5 Å². The molecule has 2 aromatic carbocycles. The minimum Gasteiger partial charge on any atom is -0.342 e. The Balaban J connectivity index is 1.43. The van der Waals surface area contributed by atoms with E-state index < -0.39 is 0 Å². The quantitative estimate of drug-likeness (QED) is 0.641. The van der Waals surface area contributed by atoms with Gasteiger partial charge in [-0.05, 0) is 80.0 Å². The summed E-state index contributed by atoms with van der Waals surface area (Å²) in [6.07, 6.45) is 4.28. The molecule has 0 saturated carbocycles. The minimum absolute atomic E-state index is 0.0749. The molecule has 0 radical (unpaired) electrons. The Morgan fingerprint density at radius 2 is 2.03 bits per heavy atom. The summed E-state index contributed by atoms with van der Waals surface area (Å²) in [6, 6.07) is 12.0. The fraction of sp³-hybridized carbons (Fsp3) is 0.417. The van der Waals surface area contributed by atoms with Crippen LogP contribution in [0.4, 0.5) is 10.1 Å². The monoisotopic (exact) mass is 430 g/mol. The van der Waals surface area contributed by atoms with E-state index in [2.05, 4.69) is 5.32 Å². The van der Waals surface area contributed by atoms with E-state index in [4.69, 9.17) is 11.6 Å². The van der Waals surface area contributed by atoms with Crippen molar-refractivity contribution in [2.45, 2.75) is 45.4 Å². The summed E-state index contributed by atoms with van der Waals surface area (Å²) in [4.78, 5) is 26.9. The molecule has 1 aliphatic heterocycles. The maximum Gasteiger partial charge on any atom is 0.224 e. The van der Waals surface area contributed by atoms with E-state index in [-0.39, 0.29) is 17.6 Å². The van der Waals surface area contributed by atoms with Gasteiger partial charge in [-0.15, -0.1) is 0 Å². The number of rotatable bonds is 7. The van der Waals surface area contributed by atoms with Gasteiger partial charge in [0.25, 0.3) is 0 Å². The first-order chi connectivity index (χ1) is 14.4. The summed E-state index contributed by atoms with van der Waals surface area (Å²) >= 11 is 6.01. The zero-order valence-electron chi connectivity index (χ0n) is 17.3. The average molecular weight is 431 g/mol. The molecule has 30 heavy (non-hydrogen) atoms. The molecule has 1 aliphatic rings. The van der Waals surface area contributed by atoms with Crippen molar-refractivity contribution in [3.63, 3.8) is 0 Å². The smallest absolute Gasteiger partial charge is 0.224 e. The number of carbonyl (C=O) groups is 2. The third-order valence-electron chi connectivity index (χ3n) is 5.63. The van der Waals surface area contributed by atoms with Crippen LogP contribution in [-0.4, -0.2) is 29.8 Å². The minimum atomic E-state index is -0.312. The van der Waals surface area contributed by atoms with Crippen LogP contribution in [0, 0.1) is 18.7 Å². The summed E-state index contributed by atoms with van der Waals surface area (Å²) in [7, 11) is 0. The van der Waals surface area contributed by atoms with E-state index in [9.17, 15) is 14.0 Å². The van der Waals surface area contributed by atoms with Crippen LogP contribution in [-0.2, 0) is 16.0 Å². The van der Waals surface area contributed by atoms with Gasteiger partial charge < -0.3 is 10.2 Å². The number of nitrogens with one attached hydrogen (secondary N) is 1. The van der Waals surface area contributed by atoms with Crippen LogP contribution in [0.3, 0.4) is 0 Å². The Morgan fingerprint density at radius 1 is 1.20 bits per heavy atom. The molecule has 0 aromatic heterocycles. The molecule has 2 amide bonds. The highest BCUT2D eigenvalue weighted by atomic mass is 35.5. The lowest BCUT2D eigenvalue weighted by atomic mass is 9.93. The van der Waals surface area contributed by atoms with Crippen LogP contribution < -0.4 is 5.32 Å². The van der Waals surface area contributed by atoms with Gasteiger partial charge in [0, 0.05) is 36.6 Å². The summed E-state index contributed by atoms with van der Waals surface area (Å²) < 4.78 is 13.2. The lowest BCUT2D eigenvalue weighted by Crippen LogP contribution is -2.40. The maximum atomic E-state index is 13.2. The first-order valence-corrected chi connectivity index (χ1v) is 10.9. The zero-order chi connectivity index (χ0) is 21.5. The second-order valence-corrected chi connectivity index (χ2v) is 8.46.